The van der Waals surface area contributed by atoms with Crippen LogP contribution in [0.5, 0.6) is 0 Å². The first kappa shape index (κ1) is 10.5. The second kappa shape index (κ2) is 4.22. The number of carbonyl (C=O) groups is 1. The zero-order chi connectivity index (χ0) is 11.5. The van der Waals surface area contributed by atoms with E-state index in [1.54, 1.807) is 0 Å². The molecule has 1 heterocycles. The van der Waals surface area contributed by atoms with Gasteiger partial charge in [-0.1, -0.05) is 0 Å². The summed E-state index contributed by atoms with van der Waals surface area (Å²) in [6, 6.07) is 5.70. The molecule has 2 N–H and O–H groups in total. The standard InChI is InChI=1S/C11H13N3O2/c1-7-13-9-4-3-8(5-10(9)14-7)12-6-11(15)16-2/h3-5,12H,6H2,1-2H3,(H,13,14). The lowest BCUT2D eigenvalue weighted by Gasteiger charge is -2.04. The summed E-state index contributed by atoms with van der Waals surface area (Å²) in [5.41, 5.74) is 2.73. The fourth-order valence-electron chi connectivity index (χ4n) is 1.49. The van der Waals surface area contributed by atoms with Crippen LogP contribution in [0.1, 0.15) is 5.82 Å². The van der Waals surface area contributed by atoms with E-state index in [-0.39, 0.29) is 12.5 Å². The van der Waals surface area contributed by atoms with Crippen molar-refractivity contribution in [2.75, 3.05) is 19.0 Å². The molecule has 5 nitrogen and oxygen atoms in total. The van der Waals surface area contributed by atoms with Crippen molar-refractivity contribution in [1.29, 1.82) is 0 Å². The summed E-state index contributed by atoms with van der Waals surface area (Å²) in [6.45, 7) is 2.07. The van der Waals surface area contributed by atoms with Gasteiger partial charge in [-0.2, -0.15) is 0 Å². The van der Waals surface area contributed by atoms with Crippen LogP contribution < -0.4 is 5.32 Å². The molecular weight excluding hydrogens is 206 g/mol. The van der Waals surface area contributed by atoms with Gasteiger partial charge in [0.2, 0.25) is 0 Å². The Bertz CT molecular complexity index is 519. The molecule has 0 saturated heterocycles. The zero-order valence-electron chi connectivity index (χ0n) is 9.20. The largest absolute Gasteiger partial charge is 0.468 e. The summed E-state index contributed by atoms with van der Waals surface area (Å²) in [5.74, 6) is 0.584. The summed E-state index contributed by atoms with van der Waals surface area (Å²) in [5, 5.41) is 2.97. The number of benzene rings is 1. The molecule has 0 spiro atoms. The molecule has 2 rings (SSSR count). The topological polar surface area (TPSA) is 67.0 Å². The second-order valence-corrected chi connectivity index (χ2v) is 3.48. The second-order valence-electron chi connectivity index (χ2n) is 3.48. The van der Waals surface area contributed by atoms with Gasteiger partial charge in [0, 0.05) is 5.69 Å². The first-order chi connectivity index (χ1) is 7.69. The van der Waals surface area contributed by atoms with Crippen LogP contribution in [0.2, 0.25) is 0 Å². The van der Waals surface area contributed by atoms with E-state index in [0.29, 0.717) is 0 Å². The number of methoxy groups -OCH3 is 1. The third kappa shape index (κ3) is 2.13. The third-order valence-electron chi connectivity index (χ3n) is 2.26. The van der Waals surface area contributed by atoms with E-state index in [2.05, 4.69) is 20.0 Å². The van der Waals surface area contributed by atoms with Gasteiger partial charge in [-0.15, -0.1) is 0 Å². The van der Waals surface area contributed by atoms with Gasteiger partial charge in [0.1, 0.15) is 12.4 Å². The number of aromatic nitrogens is 2. The van der Waals surface area contributed by atoms with E-state index < -0.39 is 0 Å². The van der Waals surface area contributed by atoms with Crippen molar-refractivity contribution in [2.45, 2.75) is 6.92 Å². The summed E-state index contributed by atoms with van der Waals surface area (Å²) in [6.07, 6.45) is 0. The van der Waals surface area contributed by atoms with Gasteiger partial charge >= 0.3 is 5.97 Å². The number of H-pyrrole nitrogens is 1. The van der Waals surface area contributed by atoms with Gasteiger partial charge in [0.15, 0.2) is 0 Å². The Morgan fingerprint density at radius 3 is 3.12 bits per heavy atom. The van der Waals surface area contributed by atoms with Gasteiger partial charge in [0.25, 0.3) is 0 Å². The molecule has 0 aliphatic rings. The molecule has 0 atom stereocenters. The maximum atomic E-state index is 10.9. The molecule has 2 aromatic rings. The van der Waals surface area contributed by atoms with Gasteiger partial charge < -0.3 is 15.0 Å². The van der Waals surface area contributed by atoms with Crippen LogP contribution in [0.15, 0.2) is 18.2 Å². The highest BCUT2D eigenvalue weighted by Gasteiger charge is 2.02. The molecule has 1 aromatic carbocycles. The number of rotatable bonds is 3. The van der Waals surface area contributed by atoms with Crippen LogP contribution in [-0.4, -0.2) is 29.6 Å². The Labute approximate surface area is 92.8 Å². The van der Waals surface area contributed by atoms with E-state index in [4.69, 9.17) is 0 Å². The molecule has 0 fully saturated rings. The maximum absolute atomic E-state index is 10.9. The number of anilines is 1. The Morgan fingerprint density at radius 1 is 1.56 bits per heavy atom. The minimum Gasteiger partial charge on any atom is -0.468 e. The Kier molecular flexibility index (Phi) is 2.76. The molecule has 0 saturated carbocycles. The summed E-state index contributed by atoms with van der Waals surface area (Å²) >= 11 is 0. The first-order valence-corrected chi connectivity index (χ1v) is 4.96. The van der Waals surface area contributed by atoms with Crippen molar-refractivity contribution in [1.82, 2.24) is 9.97 Å². The number of ether oxygens (including phenoxy) is 1. The van der Waals surface area contributed by atoms with Crippen molar-refractivity contribution >= 4 is 22.7 Å². The average Bonchev–Trinajstić information content (AvgIpc) is 2.65. The highest BCUT2D eigenvalue weighted by Crippen LogP contribution is 2.16. The van der Waals surface area contributed by atoms with Crippen molar-refractivity contribution in [3.8, 4) is 0 Å². The van der Waals surface area contributed by atoms with E-state index in [0.717, 1.165) is 22.5 Å². The predicted octanol–water partition coefficient (Wildman–Crippen LogP) is 1.46. The van der Waals surface area contributed by atoms with E-state index in [9.17, 15) is 4.79 Å². The number of aromatic amines is 1. The van der Waals surface area contributed by atoms with E-state index >= 15 is 0 Å². The molecule has 1 aromatic heterocycles. The molecule has 0 aliphatic heterocycles. The van der Waals surface area contributed by atoms with Crippen LogP contribution in [0.25, 0.3) is 11.0 Å². The fraction of sp³-hybridized carbons (Fsp3) is 0.273. The molecule has 16 heavy (non-hydrogen) atoms. The quantitative estimate of drug-likeness (QED) is 0.767. The molecule has 84 valence electrons. The van der Waals surface area contributed by atoms with Gasteiger partial charge in [0.05, 0.1) is 18.1 Å². The molecule has 0 radical (unpaired) electrons. The van der Waals surface area contributed by atoms with Crippen LogP contribution in [0.3, 0.4) is 0 Å². The number of hydrogen-bond acceptors (Lipinski definition) is 4. The van der Waals surface area contributed by atoms with Crippen molar-refractivity contribution in [3.63, 3.8) is 0 Å². The fourth-order valence-corrected chi connectivity index (χ4v) is 1.49. The predicted molar refractivity (Wildman–Crippen MR) is 61.3 cm³/mol. The lowest BCUT2D eigenvalue weighted by molar-refractivity contribution is -0.138. The Hall–Kier alpha value is -2.04. The number of nitrogens with one attached hydrogen (secondary N) is 2. The average molecular weight is 219 g/mol. The molecule has 5 heteroatoms. The summed E-state index contributed by atoms with van der Waals surface area (Å²) in [4.78, 5) is 18.4. The minimum absolute atomic E-state index is 0.162. The van der Waals surface area contributed by atoms with Crippen LogP contribution in [-0.2, 0) is 9.53 Å². The van der Waals surface area contributed by atoms with Crippen molar-refractivity contribution < 1.29 is 9.53 Å². The Balaban J connectivity index is 2.16. The zero-order valence-corrected chi connectivity index (χ0v) is 9.20. The van der Waals surface area contributed by atoms with Crippen LogP contribution >= 0.6 is 0 Å². The molecule has 0 bridgehead atoms. The number of nitrogens with zero attached hydrogens (tertiary/aromatic N) is 1. The monoisotopic (exact) mass is 219 g/mol. The smallest absolute Gasteiger partial charge is 0.325 e. The molecule has 0 unspecified atom stereocenters. The number of aryl methyl sites for hydroxylation is 1. The number of imidazole rings is 1. The van der Waals surface area contributed by atoms with Gasteiger partial charge in [-0.3, -0.25) is 4.79 Å². The number of carbonyl (C=O) groups excluding carboxylic acids is 1. The molecular formula is C11H13N3O2. The van der Waals surface area contributed by atoms with Crippen LogP contribution in [0.4, 0.5) is 5.69 Å². The highest BCUT2D eigenvalue weighted by molar-refractivity contribution is 5.81. The number of fused-ring (bicyclic) bond motifs is 1. The van der Waals surface area contributed by atoms with Crippen molar-refractivity contribution in [3.05, 3.63) is 24.0 Å². The normalized spacial score (nSPS) is 10.4. The SMILES string of the molecule is COC(=O)CNc1ccc2nc(C)[nH]c2c1. The van der Waals surface area contributed by atoms with Gasteiger partial charge in [-0.05, 0) is 25.1 Å². The summed E-state index contributed by atoms with van der Waals surface area (Å²) < 4.78 is 4.54. The van der Waals surface area contributed by atoms with Crippen molar-refractivity contribution in [2.24, 2.45) is 0 Å². The first-order valence-electron chi connectivity index (χ1n) is 4.96. The van der Waals surface area contributed by atoms with Crippen LogP contribution in [0, 0.1) is 6.92 Å². The molecule has 0 aliphatic carbocycles. The lowest BCUT2D eigenvalue weighted by Crippen LogP contribution is -2.14. The third-order valence-corrected chi connectivity index (χ3v) is 2.26. The van der Waals surface area contributed by atoms with E-state index in [1.807, 2.05) is 25.1 Å². The van der Waals surface area contributed by atoms with E-state index in [1.165, 1.54) is 7.11 Å². The highest BCUT2D eigenvalue weighted by atomic mass is 16.5. The Morgan fingerprint density at radius 2 is 2.38 bits per heavy atom. The molecule has 0 amide bonds. The lowest BCUT2D eigenvalue weighted by atomic mass is 10.3. The summed E-state index contributed by atoms with van der Waals surface area (Å²) in [7, 11) is 1.37. The van der Waals surface area contributed by atoms with Gasteiger partial charge in [-0.25, -0.2) is 4.98 Å². The number of hydrogen-bond donors (Lipinski definition) is 2. The minimum atomic E-state index is -0.291. The maximum Gasteiger partial charge on any atom is 0.325 e. The number of esters is 1.